The van der Waals surface area contributed by atoms with E-state index in [4.69, 9.17) is 5.26 Å². The van der Waals surface area contributed by atoms with Crippen LogP contribution in [0.4, 0.5) is 74.6 Å². The molecule has 19 heteroatoms. The second-order valence-electron chi connectivity index (χ2n) is 8.88. The first-order valence-electron chi connectivity index (χ1n) is 10.3. The maximum absolute atomic E-state index is 14.1. The van der Waals surface area contributed by atoms with Crippen molar-refractivity contribution in [2.45, 2.75) is 87.7 Å². The zero-order valence-electron chi connectivity index (χ0n) is 19.0. The summed E-state index contributed by atoms with van der Waals surface area (Å²) in [6.07, 6.45) is -37.7. The summed E-state index contributed by atoms with van der Waals surface area (Å²) in [5.41, 5.74) is -4.76. The first kappa shape index (κ1) is 36.6. The van der Waals surface area contributed by atoms with E-state index in [1.54, 1.807) is 0 Å². The number of rotatable bonds is 13. The number of halogens is 17. The van der Waals surface area contributed by atoms with Crippen LogP contribution in [0, 0.1) is 28.4 Å². The molecule has 0 fully saturated rings. The maximum Gasteiger partial charge on any atom is 0.422 e. The molecule has 0 rings (SSSR count). The summed E-state index contributed by atoms with van der Waals surface area (Å²) in [6, 6.07) is 0. The molecule has 0 saturated carbocycles. The van der Waals surface area contributed by atoms with Gasteiger partial charge in [-0.15, -0.1) is 0 Å². The molecule has 0 bridgehead atoms. The predicted octanol–water partition coefficient (Wildman–Crippen LogP) is 9.64. The van der Waals surface area contributed by atoms with E-state index in [1.807, 2.05) is 0 Å². The molecule has 0 aromatic carbocycles. The highest BCUT2D eigenvalue weighted by molar-refractivity contribution is 8.03. The van der Waals surface area contributed by atoms with Crippen LogP contribution in [0.2, 0.25) is 0 Å². The van der Waals surface area contributed by atoms with Gasteiger partial charge in [-0.05, 0) is 37.9 Å². The fraction of sp³-hybridized carbons (Fsp3) is 0.947. The summed E-state index contributed by atoms with van der Waals surface area (Å²) in [5.74, 6) is -21.5. The highest BCUT2D eigenvalue weighted by Crippen LogP contribution is 2.50. The highest BCUT2D eigenvalue weighted by atomic mass is 32.2. The van der Waals surface area contributed by atoms with E-state index in [1.165, 1.54) is 5.40 Å². The summed E-state index contributed by atoms with van der Waals surface area (Å²) in [4.78, 5) is 0. The van der Waals surface area contributed by atoms with E-state index >= 15 is 0 Å². The number of alkyl halides is 17. The Hall–Kier alpha value is -1.35. The summed E-state index contributed by atoms with van der Waals surface area (Å²) in [7, 11) is 0. The van der Waals surface area contributed by atoms with Gasteiger partial charge in [-0.3, -0.25) is 0 Å². The zero-order chi connectivity index (χ0) is 30.6. The van der Waals surface area contributed by atoms with Crippen molar-refractivity contribution in [3.63, 3.8) is 0 Å². The number of nitriles is 1. The van der Waals surface area contributed by atoms with Crippen LogP contribution in [0.15, 0.2) is 0 Å². The van der Waals surface area contributed by atoms with Gasteiger partial charge in [0.05, 0.1) is 30.6 Å². The molecule has 0 aliphatic heterocycles. The molecule has 0 spiro atoms. The minimum absolute atomic E-state index is 0.201. The SMILES string of the molecule is CC(F)(CC(F)(F)CC(F)(F)CC(CC(CC(CCSC#N)C(F)(F)F)C(F)(F)F)C(F)(F)F)C(F)(F)F. The van der Waals surface area contributed by atoms with Crippen LogP contribution in [0.1, 0.15) is 45.4 Å². The third kappa shape index (κ3) is 12.7. The van der Waals surface area contributed by atoms with Crippen LogP contribution in [0.5, 0.6) is 0 Å². The first-order chi connectivity index (χ1) is 16.5. The van der Waals surface area contributed by atoms with Crippen LogP contribution in [-0.4, -0.2) is 48.0 Å². The molecule has 0 heterocycles. The molecule has 0 aromatic rings. The van der Waals surface area contributed by atoms with Gasteiger partial charge in [0.1, 0.15) is 5.40 Å². The third-order valence-corrected chi connectivity index (χ3v) is 5.97. The molecule has 38 heavy (non-hydrogen) atoms. The Balaban J connectivity index is 5.96. The molecule has 0 radical (unpaired) electrons. The van der Waals surface area contributed by atoms with Crippen LogP contribution < -0.4 is 0 Å². The fourth-order valence-electron chi connectivity index (χ4n) is 3.50. The van der Waals surface area contributed by atoms with Gasteiger partial charge in [0.15, 0.2) is 0 Å². The Morgan fingerprint density at radius 2 is 1.03 bits per heavy atom. The van der Waals surface area contributed by atoms with Crippen molar-refractivity contribution in [2.24, 2.45) is 17.8 Å². The lowest BCUT2D eigenvalue weighted by atomic mass is 9.82. The number of nitrogens with zero attached hydrogens (tertiary/aromatic N) is 1. The molecule has 1 nitrogen and oxygen atoms in total. The predicted molar refractivity (Wildman–Crippen MR) is 99.9 cm³/mol. The molecule has 0 aliphatic carbocycles. The minimum atomic E-state index is -5.99. The zero-order valence-corrected chi connectivity index (χ0v) is 19.8. The number of hydrogen-bond acceptors (Lipinski definition) is 2. The van der Waals surface area contributed by atoms with E-state index in [2.05, 4.69) is 0 Å². The van der Waals surface area contributed by atoms with E-state index < -0.39 is 111 Å². The summed E-state index contributed by atoms with van der Waals surface area (Å²) in [6.45, 7) is -0.447. The topological polar surface area (TPSA) is 23.8 Å². The number of hydrogen-bond donors (Lipinski definition) is 0. The summed E-state index contributed by atoms with van der Waals surface area (Å²) in [5, 5.41) is 9.64. The quantitative estimate of drug-likeness (QED) is 0.117. The maximum atomic E-state index is 14.1. The van der Waals surface area contributed by atoms with Gasteiger partial charge in [-0.1, -0.05) is 0 Å². The van der Waals surface area contributed by atoms with Crippen molar-refractivity contribution >= 4 is 11.8 Å². The lowest BCUT2D eigenvalue weighted by molar-refractivity contribution is -0.254. The average molecular weight is 617 g/mol. The van der Waals surface area contributed by atoms with E-state index in [0.29, 0.717) is 0 Å². The summed E-state index contributed by atoms with van der Waals surface area (Å²) >= 11 is 0.201. The third-order valence-electron chi connectivity index (χ3n) is 5.40. The van der Waals surface area contributed by atoms with Crippen molar-refractivity contribution in [2.75, 3.05) is 5.75 Å². The lowest BCUT2D eigenvalue weighted by Gasteiger charge is -2.33. The largest absolute Gasteiger partial charge is 0.422 e. The van der Waals surface area contributed by atoms with Crippen molar-refractivity contribution < 1.29 is 74.6 Å². The lowest BCUT2D eigenvalue weighted by Crippen LogP contribution is -2.45. The van der Waals surface area contributed by atoms with Gasteiger partial charge in [0.25, 0.3) is 11.8 Å². The Labute approximate surface area is 209 Å². The second kappa shape index (κ2) is 12.4. The van der Waals surface area contributed by atoms with E-state index in [-0.39, 0.29) is 11.8 Å². The Bertz CT molecular complexity index is 773. The first-order valence-corrected chi connectivity index (χ1v) is 11.2. The molecular weight excluding hydrogens is 597 g/mol. The minimum Gasteiger partial charge on any atom is -0.234 e. The van der Waals surface area contributed by atoms with Gasteiger partial charge in [-0.25, -0.2) is 22.0 Å². The number of thioether (sulfide) groups is 1. The molecule has 226 valence electrons. The molecule has 0 aromatic heterocycles. The Kier molecular flexibility index (Phi) is 12.0. The van der Waals surface area contributed by atoms with Crippen molar-refractivity contribution in [3.8, 4) is 5.40 Å². The van der Waals surface area contributed by atoms with Crippen molar-refractivity contribution in [1.29, 1.82) is 5.26 Å². The molecule has 4 unspecified atom stereocenters. The molecule has 0 amide bonds. The van der Waals surface area contributed by atoms with Gasteiger partial charge in [-0.2, -0.15) is 57.9 Å². The van der Waals surface area contributed by atoms with Crippen LogP contribution in [-0.2, 0) is 0 Å². The molecule has 0 aliphatic rings. The highest BCUT2D eigenvalue weighted by Gasteiger charge is 2.60. The van der Waals surface area contributed by atoms with Crippen LogP contribution in [0.3, 0.4) is 0 Å². The van der Waals surface area contributed by atoms with Crippen molar-refractivity contribution in [3.05, 3.63) is 0 Å². The Morgan fingerprint density at radius 3 is 1.39 bits per heavy atom. The van der Waals surface area contributed by atoms with Gasteiger partial charge >= 0.3 is 24.7 Å². The van der Waals surface area contributed by atoms with Crippen LogP contribution >= 0.6 is 11.8 Å². The van der Waals surface area contributed by atoms with Crippen LogP contribution in [0.25, 0.3) is 0 Å². The van der Waals surface area contributed by atoms with Gasteiger partial charge < -0.3 is 0 Å². The molecular formula is C19H20F17NS. The number of thiocyanates is 1. The molecule has 0 saturated heterocycles. The Morgan fingerprint density at radius 1 is 0.605 bits per heavy atom. The summed E-state index contributed by atoms with van der Waals surface area (Å²) < 4.78 is 226. The smallest absolute Gasteiger partial charge is 0.234 e. The van der Waals surface area contributed by atoms with Crippen molar-refractivity contribution in [1.82, 2.24) is 0 Å². The average Bonchev–Trinajstić information content (AvgIpc) is 2.60. The van der Waals surface area contributed by atoms with Gasteiger partial charge in [0, 0.05) is 12.2 Å². The van der Waals surface area contributed by atoms with Gasteiger partial charge in [0.2, 0.25) is 5.67 Å². The van der Waals surface area contributed by atoms with E-state index in [0.717, 1.165) is 0 Å². The molecule has 4 atom stereocenters. The monoisotopic (exact) mass is 617 g/mol. The van der Waals surface area contributed by atoms with E-state index in [9.17, 15) is 74.6 Å². The molecule has 0 N–H and O–H groups in total. The fourth-order valence-corrected chi connectivity index (χ4v) is 4.00. The standard InChI is InChI=1S/C19H20F17NS/c1-13(20,19(34,35)36)7-15(23,24)8-14(21,22)6-12(18(31,32)33)5-11(17(28,29)30)4-10(16(25,26)27)2-3-38-9-37/h10-12H,2-8H2,1H3. The normalized spacial score (nSPS) is 18.4. The second-order valence-corrected chi connectivity index (χ2v) is 9.76.